The molecule has 0 amide bonds. The Hall–Kier alpha value is -2.41. The Morgan fingerprint density at radius 3 is 1.80 bits per heavy atom. The van der Waals surface area contributed by atoms with E-state index in [9.17, 15) is 18.1 Å². The molecule has 0 aliphatic carbocycles. The van der Waals surface area contributed by atoms with E-state index in [2.05, 4.69) is 0 Å². The molecule has 30 heavy (non-hydrogen) atoms. The van der Waals surface area contributed by atoms with Crippen LogP contribution in [0.1, 0.15) is 62.3 Å². The van der Waals surface area contributed by atoms with E-state index in [4.69, 9.17) is 4.74 Å². The number of benzene rings is 3. The lowest BCUT2D eigenvalue weighted by Gasteiger charge is -2.27. The van der Waals surface area contributed by atoms with Crippen molar-refractivity contribution in [3.63, 3.8) is 0 Å². The maximum Gasteiger partial charge on any atom is 0.295 e. The van der Waals surface area contributed by atoms with E-state index in [1.165, 1.54) is 0 Å². The lowest BCUT2D eigenvalue weighted by molar-refractivity contribution is 0.107. The largest absolute Gasteiger partial charge is 0.491 e. The molecule has 0 radical (unpaired) electrons. The second kappa shape index (κ2) is 8.76. The molecule has 0 heterocycles. The Balaban J connectivity index is 2.30. The summed E-state index contributed by atoms with van der Waals surface area (Å²) in [5.41, 5.74) is 1.59. The van der Waals surface area contributed by atoms with Crippen molar-refractivity contribution in [2.24, 2.45) is 0 Å². The third-order valence-corrected chi connectivity index (χ3v) is 6.14. The normalized spacial score (nSPS) is 13.2. The number of aliphatic hydroxyl groups is 1. The van der Waals surface area contributed by atoms with E-state index in [1.54, 1.807) is 24.3 Å². The minimum absolute atomic E-state index is 0.0274. The molecule has 3 aromatic rings. The van der Waals surface area contributed by atoms with Crippen molar-refractivity contribution in [2.45, 2.75) is 50.5 Å². The van der Waals surface area contributed by atoms with Crippen LogP contribution in [0.25, 0.3) is 10.8 Å². The smallest absolute Gasteiger partial charge is 0.295 e. The number of hydrogen-bond acceptors (Lipinski definition) is 4. The third-order valence-electron chi connectivity index (χ3n) is 5.18. The molecule has 1 atom stereocenters. The zero-order valence-corrected chi connectivity index (χ0v) is 18.5. The van der Waals surface area contributed by atoms with Crippen LogP contribution < -0.4 is 4.74 Å². The van der Waals surface area contributed by atoms with Crippen molar-refractivity contribution < 1.29 is 22.8 Å². The Morgan fingerprint density at radius 1 is 0.800 bits per heavy atom. The van der Waals surface area contributed by atoms with Gasteiger partial charge in [0.2, 0.25) is 0 Å². The second-order valence-corrected chi connectivity index (χ2v) is 9.40. The van der Waals surface area contributed by atoms with E-state index >= 15 is 0 Å². The van der Waals surface area contributed by atoms with E-state index < -0.39 is 16.2 Å². The lowest BCUT2D eigenvalue weighted by atomic mass is 9.83. The van der Waals surface area contributed by atoms with Crippen LogP contribution in [-0.4, -0.2) is 24.7 Å². The van der Waals surface area contributed by atoms with Gasteiger partial charge in [0.05, 0.1) is 0 Å². The number of fused-ring (bicyclic) bond motifs is 1. The highest BCUT2D eigenvalue weighted by molar-refractivity contribution is 7.86. The number of rotatable bonds is 7. The zero-order valence-electron chi connectivity index (χ0n) is 17.7. The van der Waals surface area contributed by atoms with Gasteiger partial charge < -0.3 is 9.84 Å². The standard InChI is InChI=1S/C24H28O5S/c1-15(2)21-18-12-8-9-13-19(18)23(24(30(26,27)28)22(21)16(3)4)20(25)14-29-17-10-6-5-7-11-17/h5-13,15-16,20,25H,14H2,1-4H3,(H,26,27,28). The van der Waals surface area contributed by atoms with Crippen LogP contribution in [0.2, 0.25) is 0 Å². The topological polar surface area (TPSA) is 83.8 Å². The number of para-hydroxylation sites is 1. The Labute approximate surface area is 178 Å². The summed E-state index contributed by atoms with van der Waals surface area (Å²) in [6.07, 6.45) is -1.24. The molecule has 3 aromatic carbocycles. The van der Waals surface area contributed by atoms with Gasteiger partial charge in [-0.3, -0.25) is 4.55 Å². The molecule has 160 valence electrons. The van der Waals surface area contributed by atoms with Gasteiger partial charge in [-0.25, -0.2) is 0 Å². The molecule has 0 bridgehead atoms. The molecule has 0 saturated heterocycles. The first-order valence-electron chi connectivity index (χ1n) is 10.0. The molecule has 5 nitrogen and oxygen atoms in total. The summed E-state index contributed by atoms with van der Waals surface area (Å²) in [6, 6.07) is 16.4. The highest BCUT2D eigenvalue weighted by Gasteiger charge is 2.32. The predicted octanol–water partition coefficient (Wildman–Crippen LogP) is 5.45. The summed E-state index contributed by atoms with van der Waals surface area (Å²) in [5, 5.41) is 12.5. The van der Waals surface area contributed by atoms with Crippen molar-refractivity contribution in [3.05, 3.63) is 71.3 Å². The van der Waals surface area contributed by atoms with Crippen LogP contribution in [0.3, 0.4) is 0 Å². The van der Waals surface area contributed by atoms with E-state index in [1.807, 2.05) is 58.0 Å². The van der Waals surface area contributed by atoms with Crippen LogP contribution in [0.15, 0.2) is 59.5 Å². The Kier molecular flexibility index (Phi) is 6.50. The average Bonchev–Trinajstić information content (AvgIpc) is 2.69. The average molecular weight is 429 g/mol. The summed E-state index contributed by atoms with van der Waals surface area (Å²) >= 11 is 0. The molecule has 0 aromatic heterocycles. The number of ether oxygens (including phenoxy) is 1. The van der Waals surface area contributed by atoms with Gasteiger partial charge in [-0.05, 0) is 45.9 Å². The van der Waals surface area contributed by atoms with Crippen LogP contribution in [0, 0.1) is 0 Å². The first-order valence-corrected chi connectivity index (χ1v) is 11.5. The van der Waals surface area contributed by atoms with E-state index in [-0.39, 0.29) is 28.9 Å². The number of aliphatic hydroxyl groups excluding tert-OH is 1. The highest BCUT2D eigenvalue weighted by atomic mass is 32.2. The molecule has 3 rings (SSSR count). The molecule has 0 fully saturated rings. The van der Waals surface area contributed by atoms with Crippen LogP contribution in [-0.2, 0) is 10.1 Å². The molecule has 0 aliphatic rings. The van der Waals surface area contributed by atoms with Gasteiger partial charge in [0, 0.05) is 5.56 Å². The van der Waals surface area contributed by atoms with E-state index in [0.29, 0.717) is 16.7 Å². The van der Waals surface area contributed by atoms with Gasteiger partial charge in [-0.2, -0.15) is 8.42 Å². The van der Waals surface area contributed by atoms with Gasteiger partial charge in [0.1, 0.15) is 23.4 Å². The molecule has 1 unspecified atom stereocenters. The summed E-state index contributed by atoms with van der Waals surface area (Å²) in [4.78, 5) is -0.205. The van der Waals surface area contributed by atoms with Crippen molar-refractivity contribution in [2.75, 3.05) is 6.61 Å². The molecule has 0 aliphatic heterocycles. The molecule has 2 N–H and O–H groups in total. The monoisotopic (exact) mass is 428 g/mol. The molecule has 0 spiro atoms. The van der Waals surface area contributed by atoms with Crippen LogP contribution in [0.5, 0.6) is 5.75 Å². The Morgan fingerprint density at radius 2 is 1.30 bits per heavy atom. The van der Waals surface area contributed by atoms with Gasteiger partial charge in [-0.1, -0.05) is 70.2 Å². The summed E-state index contributed by atoms with van der Waals surface area (Å²) < 4.78 is 41.1. The quantitative estimate of drug-likeness (QED) is 0.489. The third kappa shape index (κ3) is 4.36. The summed E-state index contributed by atoms with van der Waals surface area (Å²) in [7, 11) is -4.60. The summed E-state index contributed by atoms with van der Waals surface area (Å²) in [5.74, 6) is 0.418. The minimum Gasteiger partial charge on any atom is -0.491 e. The van der Waals surface area contributed by atoms with Gasteiger partial charge >= 0.3 is 0 Å². The van der Waals surface area contributed by atoms with Crippen LogP contribution in [0.4, 0.5) is 0 Å². The summed E-state index contributed by atoms with van der Waals surface area (Å²) in [6.45, 7) is 7.63. The van der Waals surface area contributed by atoms with Gasteiger partial charge in [0.15, 0.2) is 0 Å². The van der Waals surface area contributed by atoms with Crippen molar-refractivity contribution in [3.8, 4) is 5.75 Å². The van der Waals surface area contributed by atoms with Gasteiger partial charge in [0.25, 0.3) is 10.1 Å². The Bertz CT molecular complexity index is 1140. The fourth-order valence-electron chi connectivity index (χ4n) is 4.07. The van der Waals surface area contributed by atoms with Crippen molar-refractivity contribution >= 4 is 20.9 Å². The predicted molar refractivity (Wildman–Crippen MR) is 119 cm³/mol. The number of hydrogen-bond donors (Lipinski definition) is 2. The minimum atomic E-state index is -4.60. The second-order valence-electron chi connectivity index (χ2n) is 8.04. The highest BCUT2D eigenvalue weighted by Crippen LogP contribution is 2.43. The molecule has 6 heteroatoms. The van der Waals surface area contributed by atoms with Crippen molar-refractivity contribution in [1.82, 2.24) is 0 Å². The fraction of sp³-hybridized carbons (Fsp3) is 0.333. The zero-order chi connectivity index (χ0) is 22.1. The van der Waals surface area contributed by atoms with Gasteiger partial charge in [-0.15, -0.1) is 0 Å². The molecular formula is C24H28O5S. The van der Waals surface area contributed by atoms with Crippen molar-refractivity contribution in [1.29, 1.82) is 0 Å². The van der Waals surface area contributed by atoms with Crippen LogP contribution >= 0.6 is 0 Å². The molecule has 0 saturated carbocycles. The SMILES string of the molecule is CC(C)c1c(S(=O)(=O)O)c(C(O)COc2ccccc2)c2ccccc2c1C(C)C. The first kappa shape index (κ1) is 22.3. The molecular weight excluding hydrogens is 400 g/mol. The maximum atomic E-state index is 12.6. The first-order chi connectivity index (χ1) is 14.1. The maximum absolute atomic E-state index is 12.6. The van der Waals surface area contributed by atoms with E-state index in [0.717, 1.165) is 10.9 Å². The lowest BCUT2D eigenvalue weighted by Crippen LogP contribution is -2.19. The fourth-order valence-corrected chi connectivity index (χ4v) is 5.21.